The Morgan fingerprint density at radius 2 is 1.57 bits per heavy atom. The van der Waals surface area contributed by atoms with Crippen LogP contribution in [0.25, 0.3) is 0 Å². The first-order chi connectivity index (χ1) is 17.0. The second-order valence-electron chi connectivity index (χ2n) is 6.96. The van der Waals surface area contributed by atoms with E-state index in [-0.39, 0.29) is 17.4 Å². The number of nitrogens with zero attached hydrogens (tertiary/aromatic N) is 5. The zero-order valence-electron chi connectivity index (χ0n) is 18.4. The fourth-order valence-electron chi connectivity index (χ4n) is 2.94. The predicted molar refractivity (Wildman–Crippen MR) is 127 cm³/mol. The summed E-state index contributed by atoms with van der Waals surface area (Å²) in [6.45, 7) is 0. The van der Waals surface area contributed by atoms with Crippen LogP contribution in [0.3, 0.4) is 0 Å². The lowest BCUT2D eigenvalue weighted by Gasteiger charge is -2.10. The number of rotatable bonds is 8. The number of anilines is 2. The highest BCUT2D eigenvalue weighted by molar-refractivity contribution is 5.89. The quantitative estimate of drug-likeness (QED) is 0.140. The highest BCUT2D eigenvalue weighted by Crippen LogP contribution is 2.35. The number of hydrogen-bond acceptors (Lipinski definition) is 10. The van der Waals surface area contributed by atoms with Gasteiger partial charge in [-0.05, 0) is 60.7 Å². The van der Waals surface area contributed by atoms with E-state index in [4.69, 9.17) is 4.74 Å². The van der Waals surface area contributed by atoms with Crippen molar-refractivity contribution in [2.24, 2.45) is 10.2 Å². The van der Waals surface area contributed by atoms with Gasteiger partial charge < -0.3 is 14.8 Å². The third-order valence-corrected chi connectivity index (χ3v) is 4.63. The van der Waals surface area contributed by atoms with E-state index in [1.807, 2.05) is 30.3 Å². The normalized spacial score (nSPS) is 10.7. The predicted octanol–water partition coefficient (Wildman–Crippen LogP) is 6.12. The number of esters is 1. The summed E-state index contributed by atoms with van der Waals surface area (Å²) in [5, 5.41) is 23.0. The van der Waals surface area contributed by atoms with E-state index in [9.17, 15) is 14.9 Å². The smallest absolute Gasteiger partial charge is 0.373 e. The molecule has 0 atom stereocenters. The summed E-state index contributed by atoms with van der Waals surface area (Å²) >= 11 is 0. The molecule has 0 unspecified atom stereocenters. The lowest BCUT2D eigenvalue weighted by Crippen LogP contribution is -2.04. The first-order valence-corrected chi connectivity index (χ1v) is 10.2. The number of benzene rings is 3. The van der Waals surface area contributed by atoms with Crippen LogP contribution < -0.4 is 10.1 Å². The molecule has 11 heteroatoms. The third-order valence-electron chi connectivity index (χ3n) is 4.63. The van der Waals surface area contributed by atoms with Gasteiger partial charge in [-0.25, -0.2) is 9.78 Å². The van der Waals surface area contributed by atoms with Gasteiger partial charge in [0.1, 0.15) is 12.1 Å². The van der Waals surface area contributed by atoms with Crippen LogP contribution in [0.1, 0.15) is 10.4 Å². The number of ether oxygens (including phenoxy) is 2. The number of nitro groups is 1. The lowest BCUT2D eigenvalue weighted by molar-refractivity contribution is -0.385. The summed E-state index contributed by atoms with van der Waals surface area (Å²) in [4.78, 5) is 30.6. The number of methoxy groups -OCH3 is 1. The van der Waals surface area contributed by atoms with Crippen LogP contribution in [0.15, 0.2) is 95.4 Å². The van der Waals surface area contributed by atoms with Crippen LogP contribution in [-0.4, -0.2) is 28.0 Å². The Morgan fingerprint density at radius 1 is 0.914 bits per heavy atom. The molecule has 0 amide bonds. The monoisotopic (exact) mass is 470 g/mol. The molecule has 0 aliphatic heterocycles. The minimum Gasteiger partial charge on any atom is -0.465 e. The molecule has 4 rings (SSSR count). The molecule has 1 heterocycles. The summed E-state index contributed by atoms with van der Waals surface area (Å²) < 4.78 is 10.2. The zero-order chi connectivity index (χ0) is 24.6. The Balaban J connectivity index is 1.52. The molecule has 0 radical (unpaired) electrons. The Kier molecular flexibility index (Phi) is 6.97. The van der Waals surface area contributed by atoms with E-state index in [0.29, 0.717) is 16.9 Å². The molecule has 11 nitrogen and oxygen atoms in total. The fourth-order valence-corrected chi connectivity index (χ4v) is 2.94. The van der Waals surface area contributed by atoms with Gasteiger partial charge in [-0.2, -0.15) is 15.2 Å². The van der Waals surface area contributed by atoms with Crippen molar-refractivity contribution >= 4 is 34.5 Å². The standard InChI is InChI=1S/C24H18N6O5/c1-34-24(31)16-7-13-20(14-8-16)35-23-21(30(32)33)22(25-15-26-23)27-17-9-11-19(12-10-17)29-28-18-5-3-2-4-6-18/h2-15H,1H3,(H,25,26,27). The SMILES string of the molecule is COC(=O)c1ccc(Oc2ncnc(Nc3ccc(N=Nc4ccccc4)cc3)c2[N+](=O)[O-])cc1. The largest absolute Gasteiger partial charge is 0.465 e. The molecule has 0 saturated carbocycles. The number of carbonyl (C=O) groups excluding carboxylic acids is 1. The lowest BCUT2D eigenvalue weighted by atomic mass is 10.2. The highest BCUT2D eigenvalue weighted by Gasteiger charge is 2.25. The Bertz CT molecular complexity index is 1360. The molecule has 174 valence electrons. The van der Waals surface area contributed by atoms with E-state index in [2.05, 4.69) is 30.3 Å². The van der Waals surface area contributed by atoms with Crippen molar-refractivity contribution in [1.82, 2.24) is 9.97 Å². The van der Waals surface area contributed by atoms with Crippen molar-refractivity contribution in [1.29, 1.82) is 0 Å². The van der Waals surface area contributed by atoms with Crippen LogP contribution in [0, 0.1) is 10.1 Å². The molecule has 0 saturated heterocycles. The number of nitrogens with one attached hydrogen (secondary N) is 1. The van der Waals surface area contributed by atoms with Gasteiger partial charge in [0.2, 0.25) is 5.82 Å². The van der Waals surface area contributed by atoms with Crippen LogP contribution in [0.2, 0.25) is 0 Å². The first-order valence-electron chi connectivity index (χ1n) is 10.2. The molecule has 0 spiro atoms. The van der Waals surface area contributed by atoms with Gasteiger partial charge in [0.05, 0.1) is 29.0 Å². The molecule has 0 aliphatic rings. The zero-order valence-corrected chi connectivity index (χ0v) is 18.4. The molecule has 1 aromatic heterocycles. The van der Waals surface area contributed by atoms with Crippen LogP contribution in [0.5, 0.6) is 11.6 Å². The summed E-state index contributed by atoms with van der Waals surface area (Å²) in [5.74, 6) is -0.571. The summed E-state index contributed by atoms with van der Waals surface area (Å²) in [7, 11) is 1.27. The van der Waals surface area contributed by atoms with Crippen molar-refractivity contribution < 1.29 is 19.2 Å². The summed E-state index contributed by atoms with van der Waals surface area (Å²) in [6, 6.07) is 22.0. The number of hydrogen-bond donors (Lipinski definition) is 1. The van der Waals surface area contributed by atoms with Crippen LogP contribution in [-0.2, 0) is 4.74 Å². The Morgan fingerprint density at radius 3 is 2.20 bits per heavy atom. The minimum atomic E-state index is -0.636. The van der Waals surface area contributed by atoms with E-state index in [0.717, 1.165) is 12.0 Å². The summed E-state index contributed by atoms with van der Waals surface area (Å²) in [5.41, 5.74) is 1.73. The first kappa shape index (κ1) is 23.0. The van der Waals surface area contributed by atoms with Gasteiger partial charge in [-0.3, -0.25) is 10.1 Å². The molecule has 1 N–H and O–H groups in total. The summed E-state index contributed by atoms with van der Waals surface area (Å²) in [6.07, 6.45) is 1.15. The van der Waals surface area contributed by atoms with Crippen LogP contribution in [0.4, 0.5) is 28.6 Å². The second kappa shape index (κ2) is 10.6. The average Bonchev–Trinajstić information content (AvgIpc) is 2.89. The maximum absolute atomic E-state index is 11.8. The van der Waals surface area contributed by atoms with Gasteiger partial charge in [0.15, 0.2) is 0 Å². The van der Waals surface area contributed by atoms with Crippen molar-refractivity contribution in [2.75, 3.05) is 12.4 Å². The Hall–Kier alpha value is -5.19. The molecular formula is C24H18N6O5. The van der Waals surface area contributed by atoms with Gasteiger partial charge in [-0.1, -0.05) is 18.2 Å². The molecule has 35 heavy (non-hydrogen) atoms. The number of carbonyl (C=O) groups is 1. The molecule has 0 fully saturated rings. The van der Waals surface area contributed by atoms with Crippen LogP contribution >= 0.6 is 0 Å². The second-order valence-corrected chi connectivity index (χ2v) is 6.96. The maximum atomic E-state index is 11.8. The van der Waals surface area contributed by atoms with E-state index in [1.165, 1.54) is 31.4 Å². The van der Waals surface area contributed by atoms with Gasteiger partial charge in [0, 0.05) is 5.69 Å². The van der Waals surface area contributed by atoms with Crippen molar-refractivity contribution in [3.63, 3.8) is 0 Å². The molecular weight excluding hydrogens is 452 g/mol. The maximum Gasteiger partial charge on any atom is 0.373 e. The molecule has 4 aromatic rings. The van der Waals surface area contributed by atoms with E-state index < -0.39 is 16.6 Å². The van der Waals surface area contributed by atoms with Gasteiger partial charge in [0.25, 0.3) is 0 Å². The average molecular weight is 470 g/mol. The van der Waals surface area contributed by atoms with E-state index in [1.54, 1.807) is 24.3 Å². The molecule has 0 aliphatic carbocycles. The Labute approximate surface area is 199 Å². The van der Waals surface area contributed by atoms with Gasteiger partial charge >= 0.3 is 17.5 Å². The van der Waals surface area contributed by atoms with Crippen molar-refractivity contribution in [3.05, 3.63) is 101 Å². The topological polar surface area (TPSA) is 141 Å². The van der Waals surface area contributed by atoms with Crippen molar-refractivity contribution in [2.45, 2.75) is 0 Å². The molecule has 3 aromatic carbocycles. The number of azo groups is 1. The highest BCUT2D eigenvalue weighted by atomic mass is 16.6. The minimum absolute atomic E-state index is 0.0511. The molecule has 0 bridgehead atoms. The van der Waals surface area contributed by atoms with Crippen molar-refractivity contribution in [3.8, 4) is 11.6 Å². The third kappa shape index (κ3) is 5.79. The number of aromatic nitrogens is 2. The van der Waals surface area contributed by atoms with E-state index >= 15 is 0 Å². The van der Waals surface area contributed by atoms with Gasteiger partial charge in [-0.15, -0.1) is 0 Å². The fraction of sp³-hybridized carbons (Fsp3) is 0.0417.